The molecule has 4 rings (SSSR count). The first kappa shape index (κ1) is 29.5. The number of aryl methyl sites for hydroxylation is 1. The predicted molar refractivity (Wildman–Crippen MR) is 151 cm³/mol. The van der Waals surface area contributed by atoms with Gasteiger partial charge in [0.15, 0.2) is 6.10 Å². The molecule has 2 aromatic rings. The van der Waals surface area contributed by atoms with Gasteiger partial charge in [0.05, 0.1) is 33.9 Å². The third-order valence-corrected chi connectivity index (χ3v) is 9.29. The first-order valence-electron chi connectivity index (χ1n) is 13.3. The number of carbonyl (C=O) groups excluding carboxylic acids is 2. The fourth-order valence-electron chi connectivity index (χ4n) is 4.97. The molecule has 2 heterocycles. The zero-order chi connectivity index (χ0) is 28.3. The fraction of sp³-hybridized carbons (Fsp3) is 0.517. The van der Waals surface area contributed by atoms with Gasteiger partial charge in [0.1, 0.15) is 11.9 Å². The Labute approximate surface area is 237 Å². The minimum absolute atomic E-state index is 0.00113. The van der Waals surface area contributed by atoms with Gasteiger partial charge in [-0.2, -0.15) is 0 Å². The molecule has 212 valence electrons. The number of halogens is 1. The molecule has 2 aliphatic rings. The second kappa shape index (κ2) is 12.4. The number of likely N-dealkylation sites (tertiary alicyclic amines) is 1. The van der Waals surface area contributed by atoms with E-state index in [9.17, 15) is 18.9 Å². The van der Waals surface area contributed by atoms with E-state index in [0.29, 0.717) is 55.1 Å². The minimum Gasteiger partial charge on any atom is -0.508 e. The summed E-state index contributed by atoms with van der Waals surface area (Å²) >= 11 is 6.40. The lowest BCUT2D eigenvalue weighted by atomic mass is 9.85. The van der Waals surface area contributed by atoms with Gasteiger partial charge in [-0.05, 0) is 76.3 Å². The monoisotopic (exact) mass is 576 g/mol. The van der Waals surface area contributed by atoms with E-state index in [2.05, 4.69) is 4.72 Å². The SMILES string of the molecule is Cc1cc(O)c([C@H](N[S@@](=O)C(C)(C)C)C2CCN(C(=O)[C@@H]3OCC[C@@H]3OC(=O)c3ccccc3)CC2)cc1Cl. The average Bonchev–Trinajstić information content (AvgIpc) is 3.37. The van der Waals surface area contributed by atoms with E-state index in [4.69, 9.17) is 21.1 Å². The van der Waals surface area contributed by atoms with Gasteiger partial charge in [0.2, 0.25) is 0 Å². The lowest BCUT2D eigenvalue weighted by Crippen LogP contribution is -2.49. The van der Waals surface area contributed by atoms with Crippen molar-refractivity contribution in [1.82, 2.24) is 9.62 Å². The molecule has 0 saturated carbocycles. The number of nitrogens with zero attached hydrogens (tertiary/aromatic N) is 1. The Morgan fingerprint density at radius 1 is 1.15 bits per heavy atom. The van der Waals surface area contributed by atoms with Gasteiger partial charge in [-0.15, -0.1) is 0 Å². The van der Waals surface area contributed by atoms with Crippen molar-refractivity contribution < 1.29 is 28.4 Å². The van der Waals surface area contributed by atoms with Gasteiger partial charge >= 0.3 is 5.97 Å². The Hall–Kier alpha value is -2.46. The van der Waals surface area contributed by atoms with Crippen molar-refractivity contribution >= 4 is 34.5 Å². The van der Waals surface area contributed by atoms with Crippen LogP contribution < -0.4 is 4.72 Å². The van der Waals surface area contributed by atoms with Crippen LogP contribution in [-0.4, -0.2) is 62.7 Å². The number of rotatable bonds is 7. The summed E-state index contributed by atoms with van der Waals surface area (Å²) < 4.78 is 27.2. The highest BCUT2D eigenvalue weighted by Gasteiger charge is 2.41. The van der Waals surface area contributed by atoms with Crippen molar-refractivity contribution in [2.45, 2.75) is 70.0 Å². The first-order valence-corrected chi connectivity index (χ1v) is 14.8. The Balaban J connectivity index is 1.44. The maximum atomic E-state index is 13.4. The highest BCUT2D eigenvalue weighted by Crippen LogP contribution is 2.39. The van der Waals surface area contributed by atoms with Crippen LogP contribution in [0.1, 0.15) is 67.6 Å². The topological polar surface area (TPSA) is 105 Å². The van der Waals surface area contributed by atoms with E-state index in [1.54, 1.807) is 41.3 Å². The molecule has 1 amide bonds. The average molecular weight is 577 g/mol. The minimum atomic E-state index is -1.39. The van der Waals surface area contributed by atoms with Crippen LogP contribution in [-0.2, 0) is 25.3 Å². The molecule has 8 nitrogen and oxygen atoms in total. The summed E-state index contributed by atoms with van der Waals surface area (Å²) in [5.74, 6) is -0.566. The maximum Gasteiger partial charge on any atom is 0.338 e. The summed E-state index contributed by atoms with van der Waals surface area (Å²) in [6.45, 7) is 8.75. The number of carbonyl (C=O) groups is 2. The molecule has 4 atom stereocenters. The molecular weight excluding hydrogens is 540 g/mol. The van der Waals surface area contributed by atoms with Gasteiger partial charge in [-0.1, -0.05) is 29.8 Å². The number of piperidine rings is 1. The van der Waals surface area contributed by atoms with Gasteiger partial charge in [0, 0.05) is 30.1 Å². The molecule has 2 saturated heterocycles. The van der Waals surface area contributed by atoms with Crippen molar-refractivity contribution in [1.29, 1.82) is 0 Å². The number of ether oxygens (including phenoxy) is 2. The quantitative estimate of drug-likeness (QED) is 0.463. The number of amides is 1. The number of hydrogen-bond donors (Lipinski definition) is 2. The molecule has 2 aliphatic heterocycles. The molecule has 0 radical (unpaired) electrons. The number of aromatic hydroxyl groups is 1. The molecule has 39 heavy (non-hydrogen) atoms. The third kappa shape index (κ3) is 7.01. The van der Waals surface area contributed by atoms with E-state index in [1.807, 2.05) is 33.8 Å². The van der Waals surface area contributed by atoms with Crippen molar-refractivity contribution in [3.8, 4) is 5.75 Å². The van der Waals surface area contributed by atoms with Crippen molar-refractivity contribution in [3.05, 3.63) is 64.2 Å². The van der Waals surface area contributed by atoms with Crippen molar-refractivity contribution in [2.24, 2.45) is 5.92 Å². The summed E-state index contributed by atoms with van der Waals surface area (Å²) in [7, 11) is -1.39. The maximum absolute atomic E-state index is 13.4. The Morgan fingerprint density at radius 3 is 2.46 bits per heavy atom. The number of phenolic OH excluding ortho intramolecular Hbond substituents is 1. The van der Waals surface area contributed by atoms with Crippen LogP contribution >= 0.6 is 11.6 Å². The number of phenols is 1. The molecule has 0 unspecified atom stereocenters. The second-order valence-corrected chi connectivity index (χ2v) is 13.6. The highest BCUT2D eigenvalue weighted by atomic mass is 35.5. The van der Waals surface area contributed by atoms with E-state index in [1.165, 1.54) is 0 Å². The normalized spacial score (nSPS) is 21.9. The zero-order valence-corrected chi connectivity index (χ0v) is 24.4. The van der Waals surface area contributed by atoms with Crippen LogP contribution in [0, 0.1) is 12.8 Å². The standard InChI is InChI=1S/C29H37ClN2O6S/c1-18-16-23(33)21(17-22(18)30)25(31-39(36)29(2,3)4)19-10-13-32(14-11-19)27(34)26-24(12-15-37-26)38-28(35)20-8-6-5-7-9-20/h5-9,16-17,19,24-26,31,33H,10-15H2,1-4H3/t24-,25+,26+,39-/m0/s1. The number of benzene rings is 2. The molecule has 0 bridgehead atoms. The molecule has 2 N–H and O–H groups in total. The van der Waals surface area contributed by atoms with Crippen LogP contribution in [0.3, 0.4) is 0 Å². The molecule has 0 spiro atoms. The van der Waals surface area contributed by atoms with E-state index in [0.717, 1.165) is 5.56 Å². The summed E-state index contributed by atoms with van der Waals surface area (Å²) in [5, 5.41) is 11.3. The van der Waals surface area contributed by atoms with Crippen molar-refractivity contribution in [3.63, 3.8) is 0 Å². The summed E-state index contributed by atoms with van der Waals surface area (Å²) in [6, 6.07) is 11.6. The Kier molecular flexibility index (Phi) is 9.37. The third-order valence-electron chi connectivity index (χ3n) is 7.30. The van der Waals surface area contributed by atoms with Crippen LogP contribution in [0.15, 0.2) is 42.5 Å². The number of esters is 1. The Bertz CT molecular complexity index is 1210. The Morgan fingerprint density at radius 2 is 1.82 bits per heavy atom. The fourth-order valence-corrected chi connectivity index (χ4v) is 6.05. The van der Waals surface area contributed by atoms with Crippen molar-refractivity contribution in [2.75, 3.05) is 19.7 Å². The smallest absolute Gasteiger partial charge is 0.338 e. The largest absolute Gasteiger partial charge is 0.508 e. The van der Waals surface area contributed by atoms with Crippen LogP contribution in [0.5, 0.6) is 5.75 Å². The van der Waals surface area contributed by atoms with Crippen LogP contribution in [0.4, 0.5) is 0 Å². The summed E-state index contributed by atoms with van der Waals surface area (Å²) in [6.07, 6.45) is 0.228. The van der Waals surface area contributed by atoms with Crippen LogP contribution in [0.25, 0.3) is 0 Å². The molecule has 0 aromatic heterocycles. The zero-order valence-electron chi connectivity index (χ0n) is 22.8. The number of nitrogens with one attached hydrogen (secondary N) is 1. The molecule has 0 aliphatic carbocycles. The predicted octanol–water partition coefficient (Wildman–Crippen LogP) is 4.70. The second-order valence-electron chi connectivity index (χ2n) is 11.2. The molecule has 2 aromatic carbocycles. The summed E-state index contributed by atoms with van der Waals surface area (Å²) in [4.78, 5) is 27.7. The molecular formula is C29H37ClN2O6S. The number of hydrogen-bond acceptors (Lipinski definition) is 6. The summed E-state index contributed by atoms with van der Waals surface area (Å²) in [5.41, 5.74) is 1.79. The van der Waals surface area contributed by atoms with Gasteiger partial charge in [-0.3, -0.25) is 4.79 Å². The van der Waals surface area contributed by atoms with E-state index < -0.39 is 40.0 Å². The molecule has 10 heteroatoms. The lowest BCUT2D eigenvalue weighted by Gasteiger charge is -2.38. The van der Waals surface area contributed by atoms with E-state index in [-0.39, 0.29) is 17.6 Å². The van der Waals surface area contributed by atoms with Gasteiger partial charge in [-0.25, -0.2) is 13.7 Å². The lowest BCUT2D eigenvalue weighted by molar-refractivity contribution is -0.146. The molecule has 2 fully saturated rings. The van der Waals surface area contributed by atoms with Crippen LogP contribution in [0.2, 0.25) is 5.02 Å². The first-order chi connectivity index (χ1) is 18.5. The van der Waals surface area contributed by atoms with E-state index >= 15 is 0 Å². The highest BCUT2D eigenvalue weighted by molar-refractivity contribution is 7.84. The van der Waals surface area contributed by atoms with Gasteiger partial charge < -0.3 is 19.5 Å². The van der Waals surface area contributed by atoms with Gasteiger partial charge in [0.25, 0.3) is 5.91 Å².